The van der Waals surface area contributed by atoms with Gasteiger partial charge in [0.1, 0.15) is 0 Å². The number of fused-ring (bicyclic) bond motifs is 3. The summed E-state index contributed by atoms with van der Waals surface area (Å²) in [7, 11) is 0. The topological polar surface area (TPSA) is 15.8 Å². The molecule has 0 atom stereocenters. The molecule has 33 heavy (non-hydrogen) atoms. The first-order valence-electron chi connectivity index (χ1n) is 14.4. The van der Waals surface area contributed by atoms with Crippen LogP contribution in [0.2, 0.25) is 0 Å². The predicted octanol–water partition coefficient (Wildman–Crippen LogP) is 10.9. The Morgan fingerprint density at radius 3 is 1.55 bits per heavy atom. The van der Waals surface area contributed by atoms with E-state index >= 15 is 0 Å². The fourth-order valence-electron chi connectivity index (χ4n) is 5.28. The van der Waals surface area contributed by atoms with Crippen LogP contribution >= 0.6 is 0 Å². The zero-order valence-electron chi connectivity index (χ0n) is 21.5. The second kappa shape index (κ2) is 16.0. The zero-order valence-corrected chi connectivity index (χ0v) is 21.5. The first kappa shape index (κ1) is 25.9. The molecule has 1 nitrogen and oxygen atoms in total. The molecule has 0 fully saturated rings. The van der Waals surface area contributed by atoms with Crippen molar-refractivity contribution in [3.8, 4) is 0 Å². The lowest BCUT2D eigenvalue weighted by molar-refractivity contribution is 0.525. The van der Waals surface area contributed by atoms with E-state index in [2.05, 4.69) is 54.4 Å². The summed E-state index contributed by atoms with van der Waals surface area (Å²) in [6.07, 6.45) is 27.1. The maximum absolute atomic E-state index is 3.53. The lowest BCUT2D eigenvalue weighted by Gasteiger charge is -2.04. The molecule has 2 aromatic carbocycles. The summed E-state index contributed by atoms with van der Waals surface area (Å²) in [5.41, 5.74) is 4.00. The molecule has 0 radical (unpaired) electrons. The molecule has 0 aliphatic rings. The van der Waals surface area contributed by atoms with Gasteiger partial charge in [-0.2, -0.15) is 0 Å². The Morgan fingerprint density at radius 1 is 0.485 bits per heavy atom. The number of nitrogens with one attached hydrogen (secondary N) is 1. The van der Waals surface area contributed by atoms with E-state index in [0.717, 1.165) is 0 Å². The number of hydrogen-bond donors (Lipinski definition) is 1. The summed E-state index contributed by atoms with van der Waals surface area (Å²) in [5, 5.41) is 2.73. The van der Waals surface area contributed by atoms with Crippen LogP contribution < -0.4 is 0 Å². The molecule has 0 saturated carbocycles. The fourth-order valence-corrected chi connectivity index (χ4v) is 5.28. The van der Waals surface area contributed by atoms with Crippen molar-refractivity contribution in [2.24, 2.45) is 0 Å². The number of aryl methyl sites for hydroxylation is 1. The third-order valence-electron chi connectivity index (χ3n) is 7.39. The van der Waals surface area contributed by atoms with E-state index in [1.54, 1.807) is 0 Å². The minimum Gasteiger partial charge on any atom is -0.355 e. The molecule has 0 spiro atoms. The van der Waals surface area contributed by atoms with Crippen molar-refractivity contribution >= 4 is 21.8 Å². The minimum atomic E-state index is 1.22. The van der Waals surface area contributed by atoms with E-state index < -0.39 is 0 Å². The predicted molar refractivity (Wildman–Crippen MR) is 148 cm³/mol. The van der Waals surface area contributed by atoms with Crippen LogP contribution in [-0.4, -0.2) is 4.98 Å². The Hall–Kier alpha value is -1.76. The third-order valence-corrected chi connectivity index (χ3v) is 7.39. The van der Waals surface area contributed by atoms with Crippen LogP contribution in [0.15, 0.2) is 42.5 Å². The fraction of sp³-hybridized carbons (Fsp3) is 0.625. The molecule has 0 bridgehead atoms. The molecule has 1 heterocycles. The highest BCUT2D eigenvalue weighted by Gasteiger charge is 2.04. The highest BCUT2D eigenvalue weighted by molar-refractivity contribution is 6.07. The Kier molecular flexibility index (Phi) is 12.5. The second-order valence-corrected chi connectivity index (χ2v) is 10.3. The monoisotopic (exact) mass is 447 g/mol. The molecule has 3 aromatic rings. The van der Waals surface area contributed by atoms with Crippen molar-refractivity contribution in [2.75, 3.05) is 0 Å². The first-order valence-corrected chi connectivity index (χ1v) is 14.4. The molecule has 3 rings (SSSR count). The highest BCUT2D eigenvalue weighted by atomic mass is 14.7. The average molecular weight is 448 g/mol. The van der Waals surface area contributed by atoms with Crippen LogP contribution in [0.5, 0.6) is 0 Å². The van der Waals surface area contributed by atoms with Crippen molar-refractivity contribution in [3.63, 3.8) is 0 Å². The Bertz CT molecular complexity index is 890. The number of aromatic amines is 1. The van der Waals surface area contributed by atoms with Crippen molar-refractivity contribution in [1.29, 1.82) is 0 Å². The number of H-pyrrole nitrogens is 1. The number of unbranched alkanes of at least 4 members (excludes halogenated alkanes) is 17. The second-order valence-electron chi connectivity index (χ2n) is 10.3. The van der Waals surface area contributed by atoms with Gasteiger partial charge in [-0.1, -0.05) is 140 Å². The van der Waals surface area contributed by atoms with Crippen molar-refractivity contribution in [2.45, 2.75) is 129 Å². The summed E-state index contributed by atoms with van der Waals surface area (Å²) in [6, 6.07) is 15.6. The lowest BCUT2D eigenvalue weighted by atomic mass is 10.0. The average Bonchev–Trinajstić information content (AvgIpc) is 3.21. The summed E-state index contributed by atoms with van der Waals surface area (Å²) in [4.78, 5) is 3.53. The number of para-hydroxylation sites is 1. The quantitative estimate of drug-likeness (QED) is 0.176. The lowest BCUT2D eigenvalue weighted by Crippen LogP contribution is -1.87. The summed E-state index contributed by atoms with van der Waals surface area (Å²) >= 11 is 0. The molecule has 1 heteroatoms. The maximum atomic E-state index is 3.53. The van der Waals surface area contributed by atoms with Gasteiger partial charge in [0.25, 0.3) is 0 Å². The maximum Gasteiger partial charge on any atom is 0.0465 e. The van der Waals surface area contributed by atoms with E-state index in [4.69, 9.17) is 0 Å². The van der Waals surface area contributed by atoms with Crippen LogP contribution in [0.4, 0.5) is 0 Å². The summed E-state index contributed by atoms with van der Waals surface area (Å²) < 4.78 is 0. The summed E-state index contributed by atoms with van der Waals surface area (Å²) in [6.45, 7) is 2.30. The third kappa shape index (κ3) is 9.55. The Balaban J connectivity index is 1.12. The van der Waals surface area contributed by atoms with E-state index in [1.807, 2.05) is 0 Å². The number of hydrogen-bond acceptors (Lipinski definition) is 0. The molecular formula is C32H49N. The molecule has 0 unspecified atom stereocenters. The minimum absolute atomic E-state index is 1.22. The Morgan fingerprint density at radius 2 is 0.970 bits per heavy atom. The number of benzene rings is 2. The van der Waals surface area contributed by atoms with Gasteiger partial charge in [-0.15, -0.1) is 0 Å². The van der Waals surface area contributed by atoms with Crippen LogP contribution in [-0.2, 0) is 6.42 Å². The van der Waals surface area contributed by atoms with Crippen molar-refractivity contribution in [1.82, 2.24) is 4.98 Å². The first-order chi connectivity index (χ1) is 16.4. The van der Waals surface area contributed by atoms with Gasteiger partial charge in [0.2, 0.25) is 0 Å². The van der Waals surface area contributed by atoms with Gasteiger partial charge in [0.05, 0.1) is 0 Å². The number of aromatic nitrogens is 1. The Labute approximate surface area is 203 Å². The van der Waals surface area contributed by atoms with E-state index in [0.29, 0.717) is 0 Å². The standard InChI is InChI=1S/C32H49N/c1-2-3-4-5-6-7-8-9-10-11-12-13-14-15-16-17-18-19-22-28-25-26-32-30(27-28)29-23-20-21-24-31(29)33-32/h20-21,23-27,33H,2-19,22H2,1H3. The van der Waals surface area contributed by atoms with Gasteiger partial charge in [0, 0.05) is 21.8 Å². The molecule has 0 amide bonds. The molecular weight excluding hydrogens is 398 g/mol. The van der Waals surface area contributed by atoms with E-state index in [9.17, 15) is 0 Å². The normalized spacial score (nSPS) is 11.7. The van der Waals surface area contributed by atoms with Gasteiger partial charge in [-0.05, 0) is 36.6 Å². The van der Waals surface area contributed by atoms with Gasteiger partial charge >= 0.3 is 0 Å². The molecule has 0 aliphatic heterocycles. The van der Waals surface area contributed by atoms with Crippen LogP contribution in [0.25, 0.3) is 21.8 Å². The van der Waals surface area contributed by atoms with Crippen LogP contribution in [0.1, 0.15) is 128 Å². The highest BCUT2D eigenvalue weighted by Crippen LogP contribution is 2.26. The smallest absolute Gasteiger partial charge is 0.0465 e. The molecule has 1 aromatic heterocycles. The van der Waals surface area contributed by atoms with Gasteiger partial charge in [-0.25, -0.2) is 0 Å². The van der Waals surface area contributed by atoms with Gasteiger partial charge in [0.15, 0.2) is 0 Å². The molecule has 182 valence electrons. The van der Waals surface area contributed by atoms with E-state index in [1.165, 1.54) is 149 Å². The van der Waals surface area contributed by atoms with Crippen LogP contribution in [0, 0.1) is 0 Å². The summed E-state index contributed by atoms with van der Waals surface area (Å²) in [5.74, 6) is 0. The number of rotatable bonds is 19. The van der Waals surface area contributed by atoms with Crippen molar-refractivity contribution < 1.29 is 0 Å². The zero-order chi connectivity index (χ0) is 23.0. The van der Waals surface area contributed by atoms with Crippen LogP contribution in [0.3, 0.4) is 0 Å². The van der Waals surface area contributed by atoms with Gasteiger partial charge in [-0.3, -0.25) is 0 Å². The van der Waals surface area contributed by atoms with Crippen molar-refractivity contribution in [3.05, 3.63) is 48.0 Å². The molecule has 1 N–H and O–H groups in total. The molecule has 0 saturated heterocycles. The van der Waals surface area contributed by atoms with Gasteiger partial charge < -0.3 is 4.98 Å². The largest absolute Gasteiger partial charge is 0.355 e. The molecule has 0 aliphatic carbocycles. The van der Waals surface area contributed by atoms with E-state index in [-0.39, 0.29) is 0 Å². The SMILES string of the molecule is CCCCCCCCCCCCCCCCCCCCc1ccc2[nH]c3ccccc3c2c1.